The van der Waals surface area contributed by atoms with Gasteiger partial charge in [0.1, 0.15) is 0 Å². The van der Waals surface area contributed by atoms with Crippen LogP contribution in [0, 0.1) is 0 Å². The first-order valence-corrected chi connectivity index (χ1v) is 12.4. The molecular weight excluding hydrogens is 483 g/mol. The Labute approximate surface area is 216 Å². The van der Waals surface area contributed by atoms with Crippen LogP contribution >= 0.6 is 35.4 Å². The van der Waals surface area contributed by atoms with Crippen molar-refractivity contribution < 1.29 is 0 Å². The number of likely N-dealkylation sites (N-methyl/N-ethyl adjacent to an activating group) is 1. The van der Waals surface area contributed by atoms with Gasteiger partial charge in [0, 0.05) is 40.2 Å². The van der Waals surface area contributed by atoms with Crippen molar-refractivity contribution in [2.75, 3.05) is 16.8 Å². The van der Waals surface area contributed by atoms with Crippen LogP contribution in [-0.2, 0) is 0 Å². The molecule has 2 aromatic carbocycles. The highest BCUT2D eigenvalue weighted by atomic mass is 35.5. The SMILES string of the molecule is CC1=CC(C)(C)N(C)c2cc(Cl)c([C@H]3[C@@H](c4ccccn4)NC(=S)N3c3ccc(Cl)cc3)cc21. The highest BCUT2D eigenvalue weighted by Crippen LogP contribution is 2.47. The molecule has 7 heteroatoms. The molecule has 2 aliphatic heterocycles. The number of rotatable bonds is 3. The molecule has 3 heterocycles. The van der Waals surface area contributed by atoms with Gasteiger partial charge in [-0.25, -0.2) is 0 Å². The lowest BCUT2D eigenvalue weighted by Crippen LogP contribution is -2.42. The van der Waals surface area contributed by atoms with Crippen LogP contribution in [0.15, 0.2) is 66.9 Å². The summed E-state index contributed by atoms with van der Waals surface area (Å²) in [5.74, 6) is 0. The summed E-state index contributed by atoms with van der Waals surface area (Å²) in [6, 6.07) is 17.6. The Morgan fingerprint density at radius 1 is 1.06 bits per heavy atom. The molecular formula is C27H26Cl2N4S. The van der Waals surface area contributed by atoms with E-state index >= 15 is 0 Å². The monoisotopic (exact) mass is 508 g/mol. The zero-order valence-electron chi connectivity index (χ0n) is 19.5. The van der Waals surface area contributed by atoms with E-state index in [4.69, 9.17) is 35.4 Å². The molecule has 2 aliphatic rings. The minimum atomic E-state index is -0.186. The summed E-state index contributed by atoms with van der Waals surface area (Å²) in [5.41, 5.74) is 6.30. The summed E-state index contributed by atoms with van der Waals surface area (Å²) in [5, 5.41) is 5.51. The largest absolute Gasteiger partial charge is 0.365 e. The maximum atomic E-state index is 7.04. The Hall–Kier alpha value is -2.60. The number of pyridine rings is 1. The number of halogens is 2. The van der Waals surface area contributed by atoms with Gasteiger partial charge in [-0.15, -0.1) is 0 Å². The van der Waals surface area contributed by atoms with Gasteiger partial charge in [0.2, 0.25) is 0 Å². The fraction of sp³-hybridized carbons (Fsp3) is 0.259. The molecule has 1 N–H and O–H groups in total. The molecule has 4 nitrogen and oxygen atoms in total. The second-order valence-electron chi connectivity index (χ2n) is 9.40. The third kappa shape index (κ3) is 3.86. The van der Waals surface area contributed by atoms with Gasteiger partial charge in [0.05, 0.1) is 23.3 Å². The van der Waals surface area contributed by atoms with E-state index in [0.717, 1.165) is 22.6 Å². The number of anilines is 2. The third-order valence-electron chi connectivity index (χ3n) is 6.86. The molecule has 0 spiro atoms. The van der Waals surface area contributed by atoms with Gasteiger partial charge in [0.25, 0.3) is 0 Å². The van der Waals surface area contributed by atoms with Crippen molar-refractivity contribution in [1.82, 2.24) is 10.3 Å². The maximum absolute atomic E-state index is 7.04. The van der Waals surface area contributed by atoms with E-state index in [0.29, 0.717) is 15.2 Å². The van der Waals surface area contributed by atoms with Crippen LogP contribution in [0.5, 0.6) is 0 Å². The van der Waals surface area contributed by atoms with Gasteiger partial charge in [-0.2, -0.15) is 0 Å². The van der Waals surface area contributed by atoms with Crippen molar-refractivity contribution in [2.24, 2.45) is 0 Å². The van der Waals surface area contributed by atoms with Gasteiger partial charge in [-0.1, -0.05) is 35.3 Å². The van der Waals surface area contributed by atoms with Crippen molar-refractivity contribution >= 4 is 57.5 Å². The number of hydrogen-bond donors (Lipinski definition) is 1. The number of nitrogens with zero attached hydrogens (tertiary/aromatic N) is 3. The summed E-state index contributed by atoms with van der Waals surface area (Å²) >= 11 is 19.1. The minimum Gasteiger partial charge on any atom is -0.365 e. The van der Waals surface area contributed by atoms with Crippen molar-refractivity contribution in [2.45, 2.75) is 38.4 Å². The molecule has 0 unspecified atom stereocenters. The molecule has 0 bridgehead atoms. The lowest BCUT2D eigenvalue weighted by atomic mass is 9.86. The summed E-state index contributed by atoms with van der Waals surface area (Å²) < 4.78 is 0. The molecule has 1 aromatic heterocycles. The average molecular weight is 510 g/mol. The number of hydrogen-bond acceptors (Lipinski definition) is 3. The number of fused-ring (bicyclic) bond motifs is 1. The van der Waals surface area contributed by atoms with Crippen LogP contribution < -0.4 is 15.1 Å². The summed E-state index contributed by atoms with van der Waals surface area (Å²) in [4.78, 5) is 9.04. The Morgan fingerprint density at radius 3 is 2.47 bits per heavy atom. The van der Waals surface area contributed by atoms with Crippen LogP contribution in [0.4, 0.5) is 11.4 Å². The van der Waals surface area contributed by atoms with E-state index in [1.54, 1.807) is 6.20 Å². The zero-order chi connectivity index (χ0) is 24.2. The molecule has 2 atom stereocenters. The molecule has 0 aliphatic carbocycles. The van der Waals surface area contributed by atoms with E-state index in [2.05, 4.69) is 66.1 Å². The Bertz CT molecular complexity index is 1290. The van der Waals surface area contributed by atoms with Crippen molar-refractivity contribution in [3.8, 4) is 0 Å². The fourth-order valence-corrected chi connectivity index (χ4v) is 5.71. The van der Waals surface area contributed by atoms with Crippen LogP contribution in [0.25, 0.3) is 5.57 Å². The predicted octanol–water partition coefficient (Wildman–Crippen LogP) is 7.20. The molecule has 0 saturated carbocycles. The van der Waals surface area contributed by atoms with Gasteiger partial charge in [-0.3, -0.25) is 4.98 Å². The second kappa shape index (κ2) is 8.56. The average Bonchev–Trinajstić information content (AvgIpc) is 3.15. The van der Waals surface area contributed by atoms with Crippen LogP contribution in [0.3, 0.4) is 0 Å². The van der Waals surface area contributed by atoms with E-state index in [9.17, 15) is 0 Å². The standard InChI is InChI=1S/C27H26Cl2N4S/c1-16-15-27(2,3)32(4)23-14-21(29)20(13-19(16)23)25-24(22-7-5-6-12-30-22)31-26(34)33(25)18-10-8-17(28)9-11-18/h5-15,24-25H,1-4H3,(H,31,34)/t24-,25+/m1/s1. The van der Waals surface area contributed by atoms with E-state index in [1.165, 1.54) is 11.1 Å². The number of nitrogens with one attached hydrogen (secondary N) is 1. The molecule has 34 heavy (non-hydrogen) atoms. The zero-order valence-corrected chi connectivity index (χ0v) is 21.8. The molecule has 0 radical (unpaired) electrons. The molecule has 1 saturated heterocycles. The normalized spacial score (nSPS) is 21.2. The molecule has 1 fully saturated rings. The molecule has 0 amide bonds. The quantitative estimate of drug-likeness (QED) is 0.378. The van der Waals surface area contributed by atoms with Gasteiger partial charge < -0.3 is 15.1 Å². The fourth-order valence-electron chi connectivity index (χ4n) is 4.97. The predicted molar refractivity (Wildman–Crippen MR) is 147 cm³/mol. The third-order valence-corrected chi connectivity index (χ3v) is 7.75. The minimum absolute atomic E-state index is 0.0930. The van der Waals surface area contributed by atoms with Gasteiger partial charge in [0.15, 0.2) is 5.11 Å². The van der Waals surface area contributed by atoms with E-state index in [-0.39, 0.29) is 17.6 Å². The first kappa shape index (κ1) is 23.2. The summed E-state index contributed by atoms with van der Waals surface area (Å²) in [6.07, 6.45) is 4.11. The van der Waals surface area contributed by atoms with Crippen LogP contribution in [-0.4, -0.2) is 22.7 Å². The van der Waals surface area contributed by atoms with E-state index in [1.807, 2.05) is 42.5 Å². The van der Waals surface area contributed by atoms with Crippen molar-refractivity contribution in [1.29, 1.82) is 0 Å². The Kier molecular flexibility index (Phi) is 5.83. The maximum Gasteiger partial charge on any atom is 0.174 e. The first-order chi connectivity index (χ1) is 16.2. The highest BCUT2D eigenvalue weighted by molar-refractivity contribution is 7.80. The van der Waals surface area contributed by atoms with E-state index < -0.39 is 0 Å². The first-order valence-electron chi connectivity index (χ1n) is 11.2. The van der Waals surface area contributed by atoms with Gasteiger partial charge >= 0.3 is 0 Å². The lowest BCUT2D eigenvalue weighted by molar-refractivity contribution is 0.567. The second-order valence-corrected chi connectivity index (χ2v) is 10.6. The van der Waals surface area contributed by atoms with Crippen molar-refractivity contribution in [3.05, 3.63) is 93.7 Å². The number of aromatic nitrogens is 1. The Morgan fingerprint density at radius 2 is 1.79 bits per heavy atom. The number of benzene rings is 2. The Balaban J connectivity index is 1.70. The van der Waals surface area contributed by atoms with Crippen molar-refractivity contribution in [3.63, 3.8) is 0 Å². The molecule has 174 valence electrons. The summed E-state index contributed by atoms with van der Waals surface area (Å²) in [7, 11) is 2.11. The highest BCUT2D eigenvalue weighted by Gasteiger charge is 2.42. The summed E-state index contributed by atoms with van der Waals surface area (Å²) in [6.45, 7) is 6.58. The molecule has 3 aromatic rings. The van der Waals surface area contributed by atoms with Crippen LogP contribution in [0.1, 0.15) is 49.7 Å². The van der Waals surface area contributed by atoms with Crippen LogP contribution in [0.2, 0.25) is 10.0 Å². The molecule has 5 rings (SSSR count). The number of thiocarbonyl (C=S) groups is 1. The number of allylic oxidation sites excluding steroid dienone is 1. The smallest absolute Gasteiger partial charge is 0.174 e. The topological polar surface area (TPSA) is 31.4 Å². The van der Waals surface area contributed by atoms with Gasteiger partial charge in [-0.05, 0) is 92.7 Å². The lowest BCUT2D eigenvalue weighted by Gasteiger charge is -2.41.